The van der Waals surface area contributed by atoms with Crippen molar-refractivity contribution in [1.29, 1.82) is 0 Å². The van der Waals surface area contributed by atoms with E-state index in [0.29, 0.717) is 22.9 Å². The minimum atomic E-state index is -1.60. The van der Waals surface area contributed by atoms with Gasteiger partial charge in [0.1, 0.15) is 0 Å². The van der Waals surface area contributed by atoms with E-state index in [2.05, 4.69) is 79.7 Å². The Kier molecular flexibility index (Phi) is 7.85. The summed E-state index contributed by atoms with van der Waals surface area (Å²) in [7, 11) is -4.73. The van der Waals surface area contributed by atoms with Crippen LogP contribution in [0.4, 0.5) is 0 Å². The highest BCUT2D eigenvalue weighted by molar-refractivity contribution is 6.70. The Labute approximate surface area is 227 Å². The molecule has 4 aliphatic carbocycles. The smallest absolute Gasteiger partial charge is 0.184 e. The molecular formula is C30H60O3Si3. The molecule has 0 heterocycles. The summed E-state index contributed by atoms with van der Waals surface area (Å²) in [6, 6.07) is 0. The van der Waals surface area contributed by atoms with Gasteiger partial charge < -0.3 is 13.3 Å². The number of fused-ring (bicyclic) bond motifs is 5. The van der Waals surface area contributed by atoms with Gasteiger partial charge in [-0.15, -0.1) is 0 Å². The van der Waals surface area contributed by atoms with Crippen LogP contribution in [-0.4, -0.2) is 43.3 Å². The van der Waals surface area contributed by atoms with Crippen LogP contribution in [0.1, 0.15) is 72.1 Å². The van der Waals surface area contributed by atoms with Crippen molar-refractivity contribution in [2.45, 2.75) is 143 Å². The van der Waals surface area contributed by atoms with Crippen LogP contribution in [0.3, 0.4) is 0 Å². The molecule has 210 valence electrons. The zero-order valence-electron chi connectivity index (χ0n) is 26.1. The Morgan fingerprint density at radius 3 is 1.94 bits per heavy atom. The molecule has 9 unspecified atom stereocenters. The van der Waals surface area contributed by atoms with E-state index >= 15 is 0 Å². The van der Waals surface area contributed by atoms with Crippen molar-refractivity contribution in [3.05, 3.63) is 0 Å². The molecule has 0 radical (unpaired) electrons. The quantitative estimate of drug-likeness (QED) is 0.295. The molecule has 9 atom stereocenters. The van der Waals surface area contributed by atoms with E-state index in [1.54, 1.807) is 0 Å². The van der Waals surface area contributed by atoms with Crippen molar-refractivity contribution in [3.8, 4) is 0 Å². The number of hydrogen-bond donors (Lipinski definition) is 0. The van der Waals surface area contributed by atoms with Crippen LogP contribution in [0.15, 0.2) is 0 Å². The summed E-state index contributed by atoms with van der Waals surface area (Å²) < 4.78 is 20.5. The second-order valence-electron chi connectivity index (χ2n) is 17.0. The van der Waals surface area contributed by atoms with Gasteiger partial charge in [0.15, 0.2) is 25.0 Å². The molecule has 0 bridgehead atoms. The first-order valence-corrected chi connectivity index (χ1v) is 25.5. The Hall–Kier alpha value is 0.531. The van der Waals surface area contributed by atoms with Crippen LogP contribution >= 0.6 is 0 Å². The molecular weight excluding hydrogens is 493 g/mol. The van der Waals surface area contributed by atoms with Gasteiger partial charge >= 0.3 is 0 Å². The maximum Gasteiger partial charge on any atom is 0.184 e. The average Bonchev–Trinajstić information content (AvgIpc) is 2.94. The molecule has 4 saturated carbocycles. The average molecular weight is 553 g/mol. The molecule has 4 rings (SSSR count). The maximum absolute atomic E-state index is 7.02. The maximum atomic E-state index is 7.02. The molecule has 0 N–H and O–H groups in total. The van der Waals surface area contributed by atoms with Crippen molar-refractivity contribution in [2.24, 2.45) is 40.4 Å². The number of hydrogen-bond acceptors (Lipinski definition) is 3. The lowest BCUT2D eigenvalue weighted by atomic mass is 9.43. The summed E-state index contributed by atoms with van der Waals surface area (Å²) in [5.74, 6) is 3.96. The summed E-state index contributed by atoms with van der Waals surface area (Å²) in [5, 5.41) is 0. The summed E-state index contributed by atoms with van der Waals surface area (Å²) >= 11 is 0. The molecule has 36 heavy (non-hydrogen) atoms. The Morgan fingerprint density at radius 2 is 1.36 bits per heavy atom. The van der Waals surface area contributed by atoms with Gasteiger partial charge in [0, 0.05) is 12.5 Å². The fourth-order valence-corrected chi connectivity index (χ4v) is 13.2. The largest absolute Gasteiger partial charge is 0.417 e. The predicted molar refractivity (Wildman–Crippen MR) is 161 cm³/mol. The van der Waals surface area contributed by atoms with Crippen molar-refractivity contribution < 1.29 is 13.3 Å². The van der Waals surface area contributed by atoms with Crippen LogP contribution in [0.2, 0.25) is 58.9 Å². The summed E-state index contributed by atoms with van der Waals surface area (Å²) in [6.07, 6.45) is 11.2. The van der Waals surface area contributed by atoms with Crippen molar-refractivity contribution in [1.82, 2.24) is 0 Å². The lowest BCUT2D eigenvalue weighted by molar-refractivity contribution is -0.160. The van der Waals surface area contributed by atoms with Crippen molar-refractivity contribution in [3.63, 3.8) is 0 Å². The van der Waals surface area contributed by atoms with E-state index in [1.807, 2.05) is 0 Å². The van der Waals surface area contributed by atoms with Gasteiger partial charge in [-0.05, 0) is 152 Å². The standard InChI is InChI=1S/C30H60O3Si3/c1-28-20-22(21-31-34(4,5)6)27(32-35(7,8)9)19-23(28)13-14-24-25(28)15-17-29(2)26(24)16-18-30(29,3)33-36(10,11)12/h22-27H,13-21H2,1-12H3. The van der Waals surface area contributed by atoms with Gasteiger partial charge in [-0.1, -0.05) is 13.8 Å². The normalized spacial score (nSPS) is 45.7. The lowest BCUT2D eigenvalue weighted by Crippen LogP contribution is -2.59. The van der Waals surface area contributed by atoms with Crippen molar-refractivity contribution in [2.75, 3.05) is 6.61 Å². The highest BCUT2D eigenvalue weighted by atomic mass is 28.4. The lowest BCUT2D eigenvalue weighted by Gasteiger charge is -2.63. The van der Waals surface area contributed by atoms with Gasteiger partial charge in [0.05, 0.1) is 11.7 Å². The van der Waals surface area contributed by atoms with Crippen LogP contribution < -0.4 is 0 Å². The zero-order chi connectivity index (χ0) is 26.9. The van der Waals surface area contributed by atoms with Gasteiger partial charge in [0.2, 0.25) is 0 Å². The van der Waals surface area contributed by atoms with Gasteiger partial charge in [-0.2, -0.15) is 0 Å². The molecule has 4 aliphatic rings. The van der Waals surface area contributed by atoms with Gasteiger partial charge in [0.25, 0.3) is 0 Å². The van der Waals surface area contributed by atoms with E-state index in [-0.39, 0.29) is 5.60 Å². The third kappa shape index (κ3) is 5.70. The van der Waals surface area contributed by atoms with Gasteiger partial charge in [-0.25, -0.2) is 0 Å². The van der Waals surface area contributed by atoms with Crippen molar-refractivity contribution >= 4 is 25.0 Å². The van der Waals surface area contributed by atoms with Crippen LogP contribution in [-0.2, 0) is 13.3 Å². The minimum Gasteiger partial charge on any atom is -0.417 e. The first-order valence-electron chi connectivity index (χ1n) is 15.3. The monoisotopic (exact) mass is 552 g/mol. The Bertz CT molecular complexity index is 799. The molecule has 3 nitrogen and oxygen atoms in total. The summed E-state index contributed by atoms with van der Waals surface area (Å²) in [6.45, 7) is 30.0. The van der Waals surface area contributed by atoms with Crippen LogP contribution in [0, 0.1) is 40.4 Å². The third-order valence-corrected chi connectivity index (χ3v) is 14.2. The van der Waals surface area contributed by atoms with Crippen LogP contribution in [0.25, 0.3) is 0 Å². The summed E-state index contributed by atoms with van der Waals surface area (Å²) in [5.41, 5.74) is 0.854. The molecule has 0 aromatic rings. The molecule has 0 amide bonds. The van der Waals surface area contributed by atoms with E-state index in [4.69, 9.17) is 13.3 Å². The Balaban J connectivity index is 1.58. The second-order valence-corrected chi connectivity index (χ2v) is 30.4. The molecule has 0 spiro atoms. The first kappa shape index (κ1) is 29.5. The molecule has 0 saturated heterocycles. The predicted octanol–water partition coefficient (Wildman–Crippen LogP) is 8.94. The van der Waals surface area contributed by atoms with E-state index in [9.17, 15) is 0 Å². The molecule has 0 aromatic heterocycles. The Morgan fingerprint density at radius 1 is 0.722 bits per heavy atom. The second kappa shape index (κ2) is 9.57. The summed E-state index contributed by atoms with van der Waals surface area (Å²) in [4.78, 5) is 0. The van der Waals surface area contributed by atoms with Gasteiger partial charge in [-0.3, -0.25) is 0 Å². The highest BCUT2D eigenvalue weighted by Crippen LogP contribution is 2.69. The fraction of sp³-hybridized carbons (Fsp3) is 1.00. The van der Waals surface area contributed by atoms with E-state index in [0.717, 1.165) is 30.3 Å². The molecule has 0 aliphatic heterocycles. The highest BCUT2D eigenvalue weighted by Gasteiger charge is 2.65. The first-order chi connectivity index (χ1) is 16.3. The topological polar surface area (TPSA) is 27.7 Å². The van der Waals surface area contributed by atoms with E-state index in [1.165, 1.54) is 51.4 Å². The molecule has 0 aromatic carbocycles. The van der Waals surface area contributed by atoms with Crippen LogP contribution in [0.5, 0.6) is 0 Å². The van der Waals surface area contributed by atoms with E-state index < -0.39 is 25.0 Å². The fourth-order valence-electron chi connectivity index (χ4n) is 9.60. The third-order valence-electron chi connectivity index (χ3n) is 11.1. The molecule has 6 heteroatoms. The minimum absolute atomic E-state index is 0.0708. The molecule has 4 fully saturated rings. The zero-order valence-corrected chi connectivity index (χ0v) is 29.1. The number of rotatable bonds is 7. The SMILES string of the molecule is CC12CC(CO[Si](C)(C)C)C(O[Si](C)(C)C)CC1CCC1C2CCC2(C)C1CCC2(C)O[Si](C)(C)C.